The van der Waals surface area contributed by atoms with E-state index >= 15 is 0 Å². The van der Waals surface area contributed by atoms with Crippen LogP contribution in [-0.4, -0.2) is 67.6 Å². The largest absolute Gasteiger partial charge is 0.354 e. The quantitative estimate of drug-likeness (QED) is 0.861. The molecule has 0 radical (unpaired) electrons. The van der Waals surface area contributed by atoms with Gasteiger partial charge in [-0.2, -0.15) is 4.98 Å². The van der Waals surface area contributed by atoms with E-state index in [0.717, 1.165) is 19.5 Å². The summed E-state index contributed by atoms with van der Waals surface area (Å²) in [5.41, 5.74) is -0.406. The van der Waals surface area contributed by atoms with Crippen molar-refractivity contribution >= 4 is 17.8 Å². The molecule has 0 unspecified atom stereocenters. The first-order valence-corrected chi connectivity index (χ1v) is 8.10. The number of anilines is 1. The smallest absolute Gasteiger partial charge is 0.294 e. The second-order valence-electron chi connectivity index (χ2n) is 7.09. The van der Waals surface area contributed by atoms with E-state index in [1.54, 1.807) is 9.58 Å². The first-order chi connectivity index (χ1) is 10.8. The Morgan fingerprint density at radius 3 is 2.70 bits per heavy atom. The average molecular weight is 320 g/mol. The number of aromatic nitrogens is 3. The van der Waals surface area contributed by atoms with Crippen LogP contribution in [-0.2, 0) is 11.3 Å². The molecule has 0 saturated carbocycles. The molecule has 126 valence electrons. The zero-order valence-electron chi connectivity index (χ0n) is 14.2. The Labute approximate surface area is 135 Å². The lowest BCUT2D eigenvalue weighted by atomic mass is 9.96. The highest BCUT2D eigenvalue weighted by atomic mass is 16.2. The van der Waals surface area contributed by atoms with Crippen molar-refractivity contribution in [2.24, 2.45) is 0 Å². The van der Waals surface area contributed by atoms with Gasteiger partial charge in [-0.05, 0) is 34.1 Å². The van der Waals surface area contributed by atoms with Crippen LogP contribution >= 0.6 is 0 Å². The molecule has 1 aromatic heterocycles. The van der Waals surface area contributed by atoms with E-state index in [1.807, 2.05) is 32.6 Å². The van der Waals surface area contributed by atoms with Gasteiger partial charge in [-0.25, -0.2) is 4.68 Å². The molecule has 23 heavy (non-hydrogen) atoms. The number of nitrogens with one attached hydrogen (secondary N) is 1. The minimum absolute atomic E-state index is 0.0355. The fraction of sp³-hybridized carbons (Fsp3) is 0.733. The maximum Gasteiger partial charge on any atom is 0.294 e. The van der Waals surface area contributed by atoms with Gasteiger partial charge in [0.15, 0.2) is 0 Å². The summed E-state index contributed by atoms with van der Waals surface area (Å²) in [5.74, 6) is 0.479. The van der Waals surface area contributed by atoms with Crippen LogP contribution in [0.15, 0.2) is 0 Å². The molecule has 2 aliphatic rings. The summed E-state index contributed by atoms with van der Waals surface area (Å²) < 4.78 is 1.72. The van der Waals surface area contributed by atoms with Gasteiger partial charge in [0.2, 0.25) is 17.7 Å². The monoisotopic (exact) mass is 320 g/mol. The van der Waals surface area contributed by atoms with Crippen molar-refractivity contribution in [3.63, 3.8) is 0 Å². The molecule has 1 fully saturated rings. The highest BCUT2D eigenvalue weighted by molar-refractivity contribution is 5.94. The Balaban J connectivity index is 1.81. The molecule has 0 atom stereocenters. The minimum atomic E-state index is -0.406. The molecule has 1 N–H and O–H groups in total. The summed E-state index contributed by atoms with van der Waals surface area (Å²) in [6.45, 7) is 10.1. The second kappa shape index (κ2) is 5.50. The molecular formula is C15H24N6O2. The zero-order valence-corrected chi connectivity index (χ0v) is 14.2. The fourth-order valence-corrected chi connectivity index (χ4v) is 3.60. The molecule has 8 nitrogen and oxygen atoms in total. The lowest BCUT2D eigenvalue weighted by molar-refractivity contribution is -0.146. The summed E-state index contributed by atoms with van der Waals surface area (Å²) in [6, 6.07) is 0.108. The number of nitrogens with zero attached hydrogens (tertiary/aromatic N) is 5. The summed E-state index contributed by atoms with van der Waals surface area (Å²) >= 11 is 0. The molecule has 0 aliphatic carbocycles. The summed E-state index contributed by atoms with van der Waals surface area (Å²) in [5, 5.41) is 7.41. The highest BCUT2D eigenvalue weighted by Gasteiger charge is 2.42. The lowest BCUT2D eigenvalue weighted by Gasteiger charge is -2.48. The van der Waals surface area contributed by atoms with Crippen molar-refractivity contribution in [2.75, 3.05) is 25.0 Å². The SMILES string of the molecule is CC(C)N1C(=O)CN(C(=O)c2nc3n(n2)CCCN3)CC1(C)C. The van der Waals surface area contributed by atoms with Gasteiger partial charge in [0, 0.05) is 25.7 Å². The van der Waals surface area contributed by atoms with Crippen molar-refractivity contribution in [1.29, 1.82) is 0 Å². The van der Waals surface area contributed by atoms with Gasteiger partial charge in [-0.3, -0.25) is 9.59 Å². The van der Waals surface area contributed by atoms with Gasteiger partial charge in [0.25, 0.3) is 5.91 Å². The fourth-order valence-electron chi connectivity index (χ4n) is 3.60. The number of hydrogen-bond acceptors (Lipinski definition) is 5. The maximum absolute atomic E-state index is 12.7. The third-order valence-corrected chi connectivity index (χ3v) is 4.32. The van der Waals surface area contributed by atoms with E-state index in [4.69, 9.17) is 0 Å². The van der Waals surface area contributed by atoms with Crippen LogP contribution in [0.4, 0.5) is 5.95 Å². The molecule has 3 rings (SSSR count). The standard InChI is InChI=1S/C15H24N6O2/c1-10(2)21-11(22)8-19(9-15(21,3)4)13(23)12-17-14-16-6-5-7-20(14)18-12/h10H,5-9H2,1-4H3,(H,16,17,18). The molecule has 2 aliphatic heterocycles. The molecular weight excluding hydrogens is 296 g/mol. The van der Waals surface area contributed by atoms with E-state index in [2.05, 4.69) is 15.4 Å². The van der Waals surface area contributed by atoms with Gasteiger partial charge in [-0.15, -0.1) is 5.10 Å². The molecule has 0 bridgehead atoms. The number of fused-ring (bicyclic) bond motifs is 1. The maximum atomic E-state index is 12.7. The third-order valence-electron chi connectivity index (χ3n) is 4.32. The van der Waals surface area contributed by atoms with Crippen molar-refractivity contribution < 1.29 is 9.59 Å². The van der Waals surface area contributed by atoms with Crippen LogP contribution in [0.3, 0.4) is 0 Å². The molecule has 2 amide bonds. The van der Waals surface area contributed by atoms with E-state index in [1.165, 1.54) is 0 Å². The van der Waals surface area contributed by atoms with E-state index in [0.29, 0.717) is 12.5 Å². The zero-order chi connectivity index (χ0) is 16.8. The topological polar surface area (TPSA) is 83.4 Å². The Kier molecular flexibility index (Phi) is 3.77. The number of piperazine rings is 1. The number of carbonyl (C=O) groups excluding carboxylic acids is 2. The Hall–Kier alpha value is -2.12. The normalized spacial score (nSPS) is 20.5. The van der Waals surface area contributed by atoms with Crippen molar-refractivity contribution in [1.82, 2.24) is 24.6 Å². The predicted molar refractivity (Wildman–Crippen MR) is 85.1 cm³/mol. The van der Waals surface area contributed by atoms with Gasteiger partial charge < -0.3 is 15.1 Å². The van der Waals surface area contributed by atoms with Crippen LogP contribution in [0, 0.1) is 0 Å². The van der Waals surface area contributed by atoms with Crippen LogP contribution < -0.4 is 5.32 Å². The molecule has 3 heterocycles. The number of rotatable bonds is 2. The molecule has 8 heteroatoms. The number of amides is 2. The Bertz CT molecular complexity index is 612. The number of hydrogen-bond donors (Lipinski definition) is 1. The van der Waals surface area contributed by atoms with Gasteiger partial charge in [0.05, 0.1) is 5.54 Å². The summed E-state index contributed by atoms with van der Waals surface area (Å²) in [7, 11) is 0. The van der Waals surface area contributed by atoms with Crippen LogP contribution in [0.2, 0.25) is 0 Å². The van der Waals surface area contributed by atoms with Crippen LogP contribution in [0.1, 0.15) is 44.7 Å². The third kappa shape index (κ3) is 2.77. The molecule has 0 spiro atoms. The Morgan fingerprint density at radius 2 is 2.09 bits per heavy atom. The van der Waals surface area contributed by atoms with Crippen LogP contribution in [0.5, 0.6) is 0 Å². The van der Waals surface area contributed by atoms with Crippen molar-refractivity contribution in [2.45, 2.75) is 52.2 Å². The van der Waals surface area contributed by atoms with E-state index < -0.39 is 5.54 Å². The second-order valence-corrected chi connectivity index (χ2v) is 7.09. The van der Waals surface area contributed by atoms with E-state index in [9.17, 15) is 9.59 Å². The lowest BCUT2D eigenvalue weighted by Crippen LogP contribution is -2.64. The number of aryl methyl sites for hydroxylation is 1. The van der Waals surface area contributed by atoms with Gasteiger partial charge in [0.1, 0.15) is 6.54 Å². The number of carbonyl (C=O) groups is 2. The van der Waals surface area contributed by atoms with Gasteiger partial charge >= 0.3 is 0 Å². The predicted octanol–water partition coefficient (Wildman–Crippen LogP) is 0.565. The van der Waals surface area contributed by atoms with Crippen molar-refractivity contribution in [3.05, 3.63) is 5.82 Å². The summed E-state index contributed by atoms with van der Waals surface area (Å²) in [6.07, 6.45) is 0.961. The highest BCUT2D eigenvalue weighted by Crippen LogP contribution is 2.25. The van der Waals surface area contributed by atoms with Crippen LogP contribution in [0.25, 0.3) is 0 Å². The van der Waals surface area contributed by atoms with E-state index in [-0.39, 0.29) is 30.2 Å². The first kappa shape index (κ1) is 15.8. The Morgan fingerprint density at radius 1 is 1.35 bits per heavy atom. The average Bonchev–Trinajstić information content (AvgIpc) is 2.87. The molecule has 0 aromatic carbocycles. The minimum Gasteiger partial charge on any atom is -0.354 e. The first-order valence-electron chi connectivity index (χ1n) is 8.10. The molecule has 1 aromatic rings. The van der Waals surface area contributed by atoms with Gasteiger partial charge in [-0.1, -0.05) is 0 Å². The summed E-state index contributed by atoms with van der Waals surface area (Å²) in [4.78, 5) is 32.9. The molecule has 1 saturated heterocycles. The van der Waals surface area contributed by atoms with Crippen molar-refractivity contribution in [3.8, 4) is 0 Å².